The van der Waals surface area contributed by atoms with Crippen molar-refractivity contribution in [3.63, 3.8) is 0 Å². The molecule has 2 unspecified atom stereocenters. The van der Waals surface area contributed by atoms with Crippen LogP contribution in [0.3, 0.4) is 0 Å². The summed E-state index contributed by atoms with van der Waals surface area (Å²) in [5.74, 6) is 0.490. The second-order valence-corrected chi connectivity index (χ2v) is 8.59. The second kappa shape index (κ2) is 5.91. The average molecular weight is 301 g/mol. The lowest BCUT2D eigenvalue weighted by molar-refractivity contribution is 0.250. The predicted molar refractivity (Wildman–Crippen MR) is 79.6 cm³/mol. The summed E-state index contributed by atoms with van der Waals surface area (Å²) < 4.78 is 29.4. The Morgan fingerprint density at radius 3 is 2.60 bits per heavy atom. The zero-order valence-corrected chi connectivity index (χ0v) is 13.2. The van der Waals surface area contributed by atoms with Gasteiger partial charge in [-0.25, -0.2) is 0 Å². The molecular weight excluding hydrogens is 274 g/mol. The molecule has 0 aromatic rings. The summed E-state index contributed by atoms with van der Waals surface area (Å²) in [6, 6.07) is 0.618. The van der Waals surface area contributed by atoms with Crippen molar-refractivity contribution < 1.29 is 8.42 Å². The highest BCUT2D eigenvalue weighted by Crippen LogP contribution is 2.32. The maximum atomic E-state index is 12.9. The molecule has 2 aliphatic heterocycles. The number of piperidine rings is 1. The van der Waals surface area contributed by atoms with Crippen molar-refractivity contribution in [1.29, 1.82) is 0 Å². The van der Waals surface area contributed by atoms with Gasteiger partial charge in [-0.2, -0.15) is 17.0 Å². The molecule has 3 rings (SSSR count). The Kier molecular flexibility index (Phi) is 4.36. The first-order valence-electron chi connectivity index (χ1n) is 8.07. The summed E-state index contributed by atoms with van der Waals surface area (Å²) in [7, 11) is -3.25. The van der Waals surface area contributed by atoms with Gasteiger partial charge in [-0.15, -0.1) is 0 Å². The lowest BCUT2D eigenvalue weighted by Crippen LogP contribution is -2.51. The molecule has 20 heavy (non-hydrogen) atoms. The van der Waals surface area contributed by atoms with E-state index in [1.807, 2.05) is 0 Å². The molecule has 0 aromatic carbocycles. The van der Waals surface area contributed by atoms with Crippen molar-refractivity contribution in [3.05, 3.63) is 0 Å². The van der Waals surface area contributed by atoms with Gasteiger partial charge >= 0.3 is 0 Å². The second-order valence-electron chi connectivity index (χ2n) is 6.71. The molecule has 1 saturated carbocycles. The summed E-state index contributed by atoms with van der Waals surface area (Å²) in [5, 5.41) is 3.43. The zero-order chi connectivity index (χ0) is 14.2. The van der Waals surface area contributed by atoms with Crippen LogP contribution in [0.4, 0.5) is 0 Å². The smallest absolute Gasteiger partial charge is 0.282 e. The molecule has 1 aliphatic carbocycles. The van der Waals surface area contributed by atoms with Gasteiger partial charge in [-0.3, -0.25) is 0 Å². The van der Waals surface area contributed by atoms with Crippen molar-refractivity contribution in [2.24, 2.45) is 5.92 Å². The van der Waals surface area contributed by atoms with Gasteiger partial charge < -0.3 is 5.32 Å². The summed E-state index contributed by atoms with van der Waals surface area (Å²) in [4.78, 5) is 0. The lowest BCUT2D eigenvalue weighted by Gasteiger charge is -2.35. The normalized spacial score (nSPS) is 32.9. The van der Waals surface area contributed by atoms with Crippen LogP contribution in [0.25, 0.3) is 0 Å². The Morgan fingerprint density at radius 1 is 1.20 bits per heavy atom. The van der Waals surface area contributed by atoms with Gasteiger partial charge in [0.25, 0.3) is 10.2 Å². The molecule has 2 saturated heterocycles. The maximum absolute atomic E-state index is 12.9. The van der Waals surface area contributed by atoms with Crippen LogP contribution >= 0.6 is 0 Å². The predicted octanol–water partition coefficient (Wildman–Crippen LogP) is 1.18. The van der Waals surface area contributed by atoms with Gasteiger partial charge in [0, 0.05) is 31.7 Å². The number of nitrogens with zero attached hydrogens (tertiary/aromatic N) is 2. The Labute approximate surface area is 122 Å². The summed E-state index contributed by atoms with van der Waals surface area (Å²) in [5.41, 5.74) is 0. The van der Waals surface area contributed by atoms with Crippen molar-refractivity contribution in [3.8, 4) is 0 Å². The fourth-order valence-corrected chi connectivity index (χ4v) is 5.48. The monoisotopic (exact) mass is 301 g/mol. The van der Waals surface area contributed by atoms with E-state index >= 15 is 0 Å². The van der Waals surface area contributed by atoms with E-state index in [0.717, 1.165) is 38.6 Å². The molecule has 0 radical (unpaired) electrons. The minimum Gasteiger partial charge on any atom is -0.313 e. The third kappa shape index (κ3) is 3.18. The van der Waals surface area contributed by atoms with Crippen LogP contribution in [0.1, 0.15) is 45.4 Å². The molecule has 2 atom stereocenters. The van der Waals surface area contributed by atoms with Crippen LogP contribution in [0.15, 0.2) is 0 Å². The van der Waals surface area contributed by atoms with Crippen LogP contribution in [0.5, 0.6) is 0 Å². The van der Waals surface area contributed by atoms with Crippen LogP contribution in [-0.4, -0.2) is 55.3 Å². The van der Waals surface area contributed by atoms with Gasteiger partial charge in [0.1, 0.15) is 0 Å². The van der Waals surface area contributed by atoms with Gasteiger partial charge in [-0.1, -0.05) is 6.92 Å². The van der Waals surface area contributed by atoms with Crippen LogP contribution < -0.4 is 5.32 Å². The van der Waals surface area contributed by atoms with Crippen molar-refractivity contribution in [1.82, 2.24) is 13.9 Å². The van der Waals surface area contributed by atoms with Gasteiger partial charge in [-0.05, 0) is 51.0 Å². The van der Waals surface area contributed by atoms with E-state index in [4.69, 9.17) is 0 Å². The summed E-state index contributed by atoms with van der Waals surface area (Å²) in [6.07, 6.45) is 6.50. The minimum atomic E-state index is -3.25. The van der Waals surface area contributed by atoms with E-state index in [1.165, 1.54) is 6.42 Å². The van der Waals surface area contributed by atoms with E-state index < -0.39 is 10.2 Å². The molecule has 0 amide bonds. The van der Waals surface area contributed by atoms with E-state index in [2.05, 4.69) is 12.2 Å². The number of nitrogens with one attached hydrogen (secondary N) is 1. The molecule has 1 N–H and O–H groups in total. The highest BCUT2D eigenvalue weighted by Gasteiger charge is 2.42. The third-order valence-corrected chi connectivity index (χ3v) is 6.78. The Morgan fingerprint density at radius 2 is 2.00 bits per heavy atom. The van der Waals surface area contributed by atoms with Crippen molar-refractivity contribution in [2.75, 3.05) is 26.2 Å². The first kappa shape index (κ1) is 14.8. The van der Waals surface area contributed by atoms with Gasteiger partial charge in [0.15, 0.2) is 0 Å². The molecule has 2 heterocycles. The topological polar surface area (TPSA) is 52.7 Å². The highest BCUT2D eigenvalue weighted by molar-refractivity contribution is 7.86. The lowest BCUT2D eigenvalue weighted by atomic mass is 10.0. The third-order valence-electron chi connectivity index (χ3n) is 4.76. The molecular formula is C14H27N3O2S. The number of hydrogen-bond donors (Lipinski definition) is 1. The first-order chi connectivity index (χ1) is 9.57. The number of rotatable bonds is 5. The van der Waals surface area contributed by atoms with Crippen molar-refractivity contribution >= 4 is 10.2 Å². The van der Waals surface area contributed by atoms with Crippen LogP contribution in [0, 0.1) is 5.92 Å². The van der Waals surface area contributed by atoms with E-state index in [1.54, 1.807) is 8.61 Å². The first-order valence-corrected chi connectivity index (χ1v) is 9.47. The Hall–Kier alpha value is -0.170. The quantitative estimate of drug-likeness (QED) is 0.829. The SMILES string of the molecule is CC1CCCN(S(=O)(=O)N(CC2CCCN2)C2CC2)C1. The highest BCUT2D eigenvalue weighted by atomic mass is 32.2. The molecule has 0 bridgehead atoms. The molecule has 0 spiro atoms. The molecule has 5 nitrogen and oxygen atoms in total. The van der Waals surface area contributed by atoms with Crippen LogP contribution in [0.2, 0.25) is 0 Å². The standard InChI is InChI=1S/C14H27N3O2S/c1-12-4-3-9-16(10-12)20(18,19)17(14-6-7-14)11-13-5-2-8-15-13/h12-15H,2-11H2,1H3. The Balaban J connectivity index is 1.71. The zero-order valence-electron chi connectivity index (χ0n) is 12.4. The molecule has 3 aliphatic rings. The fourth-order valence-electron chi connectivity index (χ4n) is 3.43. The molecule has 116 valence electrons. The largest absolute Gasteiger partial charge is 0.313 e. The Bertz CT molecular complexity index is 430. The summed E-state index contributed by atoms with van der Waals surface area (Å²) in [6.45, 7) is 5.25. The van der Waals surface area contributed by atoms with E-state index in [0.29, 0.717) is 31.6 Å². The number of hydrogen-bond acceptors (Lipinski definition) is 3. The molecule has 6 heteroatoms. The maximum Gasteiger partial charge on any atom is 0.282 e. The average Bonchev–Trinajstić information content (AvgIpc) is 3.12. The van der Waals surface area contributed by atoms with Gasteiger partial charge in [0.2, 0.25) is 0 Å². The van der Waals surface area contributed by atoms with E-state index in [9.17, 15) is 8.42 Å². The van der Waals surface area contributed by atoms with Crippen LogP contribution in [-0.2, 0) is 10.2 Å². The van der Waals surface area contributed by atoms with Crippen molar-refractivity contribution in [2.45, 2.75) is 57.5 Å². The molecule has 0 aromatic heterocycles. The fraction of sp³-hybridized carbons (Fsp3) is 1.00. The molecule has 3 fully saturated rings. The summed E-state index contributed by atoms with van der Waals surface area (Å²) >= 11 is 0. The van der Waals surface area contributed by atoms with E-state index in [-0.39, 0.29) is 6.04 Å². The van der Waals surface area contributed by atoms with Gasteiger partial charge in [0.05, 0.1) is 0 Å². The minimum absolute atomic E-state index is 0.264.